The fourth-order valence-corrected chi connectivity index (χ4v) is 2.25. The highest BCUT2D eigenvalue weighted by Gasteiger charge is 2.09. The summed E-state index contributed by atoms with van der Waals surface area (Å²) >= 11 is 0. The molecule has 1 N–H and O–H groups in total. The van der Waals surface area contributed by atoms with E-state index in [4.69, 9.17) is 0 Å². The summed E-state index contributed by atoms with van der Waals surface area (Å²) in [5, 5.41) is 3.17. The number of hydrogen-bond acceptors (Lipinski definition) is 3. The van der Waals surface area contributed by atoms with Gasteiger partial charge in [-0.2, -0.15) is 0 Å². The van der Waals surface area contributed by atoms with E-state index in [2.05, 4.69) is 60.3 Å². The third-order valence-corrected chi connectivity index (χ3v) is 3.33. The number of aromatic nitrogens is 2. The third kappa shape index (κ3) is 3.11. The number of hydrogen-bond donors (Lipinski definition) is 1. The molecule has 100 valence electrons. The molecule has 0 amide bonds. The number of aryl methyl sites for hydroxylation is 2. The van der Waals surface area contributed by atoms with Crippen LogP contribution >= 0.6 is 0 Å². The summed E-state index contributed by atoms with van der Waals surface area (Å²) in [6, 6.07) is 8.53. The Bertz CT molecular complexity index is 559. The minimum Gasteiger partial charge on any atom is -0.373 e. The van der Waals surface area contributed by atoms with Gasteiger partial charge in [-0.1, -0.05) is 36.8 Å². The Kier molecular flexibility index (Phi) is 4.15. The molecule has 1 aromatic carbocycles. The summed E-state index contributed by atoms with van der Waals surface area (Å²) in [7, 11) is 1.91. The van der Waals surface area contributed by atoms with Crippen LogP contribution in [0.5, 0.6) is 0 Å². The number of nitrogens with zero attached hydrogens (tertiary/aromatic N) is 2. The van der Waals surface area contributed by atoms with Gasteiger partial charge >= 0.3 is 0 Å². The summed E-state index contributed by atoms with van der Waals surface area (Å²) in [6.45, 7) is 6.28. The Balaban J connectivity index is 2.30. The predicted octanol–water partition coefficient (Wildman–Crippen LogP) is 3.29. The van der Waals surface area contributed by atoms with E-state index in [1.54, 1.807) is 0 Å². The molecule has 0 radical (unpaired) electrons. The first-order chi connectivity index (χ1) is 9.13. The lowest BCUT2D eigenvalue weighted by molar-refractivity contribution is 0.907. The van der Waals surface area contributed by atoms with Crippen LogP contribution in [0.15, 0.2) is 24.3 Å². The summed E-state index contributed by atoms with van der Waals surface area (Å²) in [6.07, 6.45) is 1.73. The van der Waals surface area contributed by atoms with Crippen molar-refractivity contribution >= 4 is 5.82 Å². The molecule has 2 rings (SSSR count). The molecule has 0 unspecified atom stereocenters. The Labute approximate surface area is 115 Å². The van der Waals surface area contributed by atoms with E-state index in [1.807, 2.05) is 7.05 Å². The number of rotatable bonds is 4. The first kappa shape index (κ1) is 13.5. The molecule has 0 saturated heterocycles. The fourth-order valence-electron chi connectivity index (χ4n) is 2.25. The second-order valence-corrected chi connectivity index (χ2v) is 4.82. The Morgan fingerprint density at radius 2 is 1.74 bits per heavy atom. The van der Waals surface area contributed by atoms with Crippen LogP contribution in [0.4, 0.5) is 5.82 Å². The summed E-state index contributed by atoms with van der Waals surface area (Å²) in [4.78, 5) is 9.24. The van der Waals surface area contributed by atoms with Crippen LogP contribution in [0.1, 0.15) is 35.1 Å². The second-order valence-electron chi connectivity index (χ2n) is 4.82. The molecule has 0 aliphatic rings. The number of benzene rings is 1. The van der Waals surface area contributed by atoms with Crippen molar-refractivity contribution in [2.75, 3.05) is 12.4 Å². The third-order valence-electron chi connectivity index (χ3n) is 3.33. The monoisotopic (exact) mass is 255 g/mol. The van der Waals surface area contributed by atoms with Gasteiger partial charge in [-0.05, 0) is 25.8 Å². The van der Waals surface area contributed by atoms with Crippen molar-refractivity contribution < 1.29 is 0 Å². The molecule has 1 heterocycles. The van der Waals surface area contributed by atoms with Gasteiger partial charge in [-0.3, -0.25) is 0 Å². The zero-order chi connectivity index (χ0) is 13.8. The summed E-state index contributed by atoms with van der Waals surface area (Å²) in [5.74, 6) is 1.83. The zero-order valence-electron chi connectivity index (χ0n) is 12.1. The summed E-state index contributed by atoms with van der Waals surface area (Å²) < 4.78 is 0. The molecule has 0 fully saturated rings. The van der Waals surface area contributed by atoms with Crippen LogP contribution < -0.4 is 5.32 Å². The Morgan fingerprint density at radius 3 is 2.32 bits per heavy atom. The van der Waals surface area contributed by atoms with E-state index in [0.717, 1.165) is 30.2 Å². The normalized spacial score (nSPS) is 10.5. The lowest BCUT2D eigenvalue weighted by Crippen LogP contribution is -2.07. The van der Waals surface area contributed by atoms with E-state index < -0.39 is 0 Å². The maximum absolute atomic E-state index is 4.62. The van der Waals surface area contributed by atoms with E-state index in [0.29, 0.717) is 0 Å². The maximum Gasteiger partial charge on any atom is 0.135 e. The van der Waals surface area contributed by atoms with Crippen LogP contribution in [0, 0.1) is 13.8 Å². The fraction of sp³-hybridized carbons (Fsp3) is 0.375. The van der Waals surface area contributed by atoms with Crippen LogP contribution in [0.25, 0.3) is 0 Å². The van der Waals surface area contributed by atoms with Gasteiger partial charge in [0.05, 0.1) is 0 Å². The van der Waals surface area contributed by atoms with Crippen molar-refractivity contribution in [1.29, 1.82) is 0 Å². The Morgan fingerprint density at radius 1 is 1.05 bits per heavy atom. The second kappa shape index (κ2) is 5.83. The molecule has 0 aliphatic heterocycles. The quantitative estimate of drug-likeness (QED) is 0.911. The first-order valence-corrected chi connectivity index (χ1v) is 6.73. The van der Waals surface area contributed by atoms with E-state index in [9.17, 15) is 0 Å². The molecule has 0 bridgehead atoms. The Hall–Kier alpha value is -1.90. The molecule has 0 atom stereocenters. The molecule has 19 heavy (non-hydrogen) atoms. The average Bonchev–Trinajstić information content (AvgIpc) is 2.40. The zero-order valence-corrected chi connectivity index (χ0v) is 12.1. The van der Waals surface area contributed by atoms with Crippen molar-refractivity contribution in [3.63, 3.8) is 0 Å². The van der Waals surface area contributed by atoms with E-state index in [-0.39, 0.29) is 0 Å². The van der Waals surface area contributed by atoms with Crippen LogP contribution in [0.2, 0.25) is 0 Å². The molecule has 0 spiro atoms. The van der Waals surface area contributed by atoms with Gasteiger partial charge in [-0.25, -0.2) is 9.97 Å². The highest BCUT2D eigenvalue weighted by Crippen LogP contribution is 2.18. The van der Waals surface area contributed by atoms with Gasteiger partial charge < -0.3 is 5.32 Å². The van der Waals surface area contributed by atoms with E-state index >= 15 is 0 Å². The molecule has 1 aromatic heterocycles. The largest absolute Gasteiger partial charge is 0.373 e. The van der Waals surface area contributed by atoms with Crippen LogP contribution in [0.3, 0.4) is 0 Å². The highest BCUT2D eigenvalue weighted by molar-refractivity contribution is 5.46. The number of anilines is 1. The predicted molar refractivity (Wildman–Crippen MR) is 79.7 cm³/mol. The topological polar surface area (TPSA) is 37.8 Å². The van der Waals surface area contributed by atoms with Gasteiger partial charge in [0.25, 0.3) is 0 Å². The molecule has 0 aliphatic carbocycles. The van der Waals surface area contributed by atoms with Gasteiger partial charge in [-0.15, -0.1) is 0 Å². The smallest absolute Gasteiger partial charge is 0.135 e. The first-order valence-electron chi connectivity index (χ1n) is 6.73. The van der Waals surface area contributed by atoms with Crippen LogP contribution in [-0.2, 0) is 12.8 Å². The molecule has 3 heteroatoms. The van der Waals surface area contributed by atoms with Crippen molar-refractivity contribution in [2.45, 2.75) is 33.6 Å². The van der Waals surface area contributed by atoms with Gasteiger partial charge in [0.15, 0.2) is 0 Å². The molecular weight excluding hydrogens is 234 g/mol. The SMILES string of the molecule is CCc1c(C)nc(Cc2ccc(C)cc2)nc1NC. The van der Waals surface area contributed by atoms with Gasteiger partial charge in [0.1, 0.15) is 11.6 Å². The highest BCUT2D eigenvalue weighted by atomic mass is 15.0. The number of nitrogens with one attached hydrogen (secondary N) is 1. The molecular formula is C16H21N3. The minimum absolute atomic E-state index is 0.778. The maximum atomic E-state index is 4.62. The standard InChI is InChI=1S/C16H21N3/c1-5-14-12(3)18-15(19-16(14)17-4)10-13-8-6-11(2)7-9-13/h6-9H,5,10H2,1-4H3,(H,17,18,19). The van der Waals surface area contributed by atoms with Crippen molar-refractivity contribution in [3.05, 3.63) is 52.5 Å². The molecule has 0 saturated carbocycles. The van der Waals surface area contributed by atoms with Gasteiger partial charge in [0.2, 0.25) is 0 Å². The lowest BCUT2D eigenvalue weighted by atomic mass is 10.1. The lowest BCUT2D eigenvalue weighted by Gasteiger charge is -2.11. The minimum atomic E-state index is 0.778. The van der Waals surface area contributed by atoms with Crippen molar-refractivity contribution in [1.82, 2.24) is 9.97 Å². The van der Waals surface area contributed by atoms with Crippen LogP contribution in [-0.4, -0.2) is 17.0 Å². The summed E-state index contributed by atoms with van der Waals surface area (Å²) in [5.41, 5.74) is 4.80. The van der Waals surface area contributed by atoms with E-state index in [1.165, 1.54) is 16.7 Å². The van der Waals surface area contributed by atoms with Crippen molar-refractivity contribution in [2.24, 2.45) is 0 Å². The molecule has 3 nitrogen and oxygen atoms in total. The molecule has 2 aromatic rings. The average molecular weight is 255 g/mol. The van der Waals surface area contributed by atoms with Gasteiger partial charge in [0, 0.05) is 24.7 Å². The van der Waals surface area contributed by atoms with Crippen molar-refractivity contribution in [3.8, 4) is 0 Å².